The van der Waals surface area contributed by atoms with Gasteiger partial charge in [0.25, 0.3) is 0 Å². The molecule has 0 bridgehead atoms. The van der Waals surface area contributed by atoms with E-state index in [1.54, 1.807) is 0 Å². The Morgan fingerprint density at radius 3 is 2.74 bits per heavy atom. The van der Waals surface area contributed by atoms with Crippen molar-refractivity contribution < 1.29 is 9.53 Å². The Morgan fingerprint density at radius 2 is 2.04 bits per heavy atom. The highest BCUT2D eigenvalue weighted by molar-refractivity contribution is 5.94. The molecule has 1 aromatic carbocycles. The summed E-state index contributed by atoms with van der Waals surface area (Å²) in [5.74, 6) is 1.62. The van der Waals surface area contributed by atoms with Gasteiger partial charge in [-0.05, 0) is 33.8 Å². The van der Waals surface area contributed by atoms with Gasteiger partial charge in [0, 0.05) is 23.5 Å². The van der Waals surface area contributed by atoms with Crippen LogP contribution in [0, 0.1) is 0 Å². The van der Waals surface area contributed by atoms with Gasteiger partial charge in [-0.1, -0.05) is 18.2 Å². The lowest BCUT2D eigenvalue weighted by Crippen LogP contribution is -2.30. The van der Waals surface area contributed by atoms with Crippen LogP contribution in [0.25, 0.3) is 0 Å². The van der Waals surface area contributed by atoms with Crippen molar-refractivity contribution in [3.63, 3.8) is 0 Å². The number of aromatic nitrogens is 2. The molecule has 0 fully saturated rings. The number of amides is 1. The first-order valence-corrected chi connectivity index (χ1v) is 8.01. The summed E-state index contributed by atoms with van der Waals surface area (Å²) in [6.07, 6.45) is 2.28. The second-order valence-corrected chi connectivity index (χ2v) is 6.81. The number of carbonyl (C=O) groups excluding carboxylic acids is 1. The number of carbonyl (C=O) groups is 1. The van der Waals surface area contributed by atoms with Gasteiger partial charge in [-0.3, -0.25) is 4.79 Å². The number of hydrogen-bond donors (Lipinski definition) is 1. The lowest BCUT2D eigenvalue weighted by molar-refractivity contribution is -0.116. The van der Waals surface area contributed by atoms with E-state index in [1.807, 2.05) is 42.1 Å². The Bertz CT molecular complexity index is 728. The SMILES string of the molecule is CCOc1ccccc1[C@@H]1CC(=O)Nc2c1cnn2C(C)(C)C. The summed E-state index contributed by atoms with van der Waals surface area (Å²) in [5.41, 5.74) is 1.90. The van der Waals surface area contributed by atoms with Crippen LogP contribution in [-0.4, -0.2) is 22.3 Å². The van der Waals surface area contributed by atoms with Crippen molar-refractivity contribution in [3.05, 3.63) is 41.6 Å². The van der Waals surface area contributed by atoms with Crippen LogP contribution in [0.15, 0.2) is 30.5 Å². The normalized spacial score (nSPS) is 17.6. The topological polar surface area (TPSA) is 56.1 Å². The van der Waals surface area contributed by atoms with E-state index in [2.05, 4.69) is 31.2 Å². The molecule has 1 amide bonds. The minimum Gasteiger partial charge on any atom is -0.494 e. The third-order valence-corrected chi connectivity index (χ3v) is 4.05. The molecular formula is C18H23N3O2. The molecule has 0 spiro atoms. The summed E-state index contributed by atoms with van der Waals surface area (Å²) in [5, 5.41) is 7.50. The number of fused-ring (bicyclic) bond motifs is 1. The van der Waals surface area contributed by atoms with E-state index in [9.17, 15) is 4.79 Å². The molecule has 1 aliphatic heterocycles. The molecule has 2 heterocycles. The smallest absolute Gasteiger partial charge is 0.226 e. The molecule has 0 unspecified atom stereocenters. The van der Waals surface area contributed by atoms with Crippen LogP contribution in [0.5, 0.6) is 5.75 Å². The first kappa shape index (κ1) is 15.6. The average molecular weight is 313 g/mol. The Morgan fingerprint density at radius 1 is 1.30 bits per heavy atom. The molecule has 0 saturated heterocycles. The van der Waals surface area contributed by atoms with Gasteiger partial charge in [-0.15, -0.1) is 0 Å². The highest BCUT2D eigenvalue weighted by Crippen LogP contribution is 2.41. The summed E-state index contributed by atoms with van der Waals surface area (Å²) < 4.78 is 7.64. The number of ether oxygens (including phenoxy) is 1. The summed E-state index contributed by atoms with van der Waals surface area (Å²) >= 11 is 0. The first-order valence-electron chi connectivity index (χ1n) is 8.01. The Labute approximate surface area is 136 Å². The molecule has 3 rings (SSSR count). The molecule has 1 aromatic heterocycles. The average Bonchev–Trinajstić information content (AvgIpc) is 2.91. The Kier molecular flexibility index (Phi) is 3.88. The van der Waals surface area contributed by atoms with Gasteiger partial charge in [-0.25, -0.2) is 4.68 Å². The quantitative estimate of drug-likeness (QED) is 0.943. The fraction of sp³-hybridized carbons (Fsp3) is 0.444. The molecule has 5 nitrogen and oxygen atoms in total. The zero-order valence-electron chi connectivity index (χ0n) is 14.1. The van der Waals surface area contributed by atoms with Crippen LogP contribution in [0.4, 0.5) is 5.82 Å². The number of nitrogens with one attached hydrogen (secondary N) is 1. The number of benzene rings is 1. The van der Waals surface area contributed by atoms with E-state index in [4.69, 9.17) is 4.74 Å². The number of nitrogens with zero attached hydrogens (tertiary/aromatic N) is 2. The fourth-order valence-corrected chi connectivity index (χ4v) is 3.06. The van der Waals surface area contributed by atoms with Crippen LogP contribution in [-0.2, 0) is 10.3 Å². The van der Waals surface area contributed by atoms with Crippen molar-refractivity contribution >= 4 is 11.7 Å². The molecule has 2 aromatic rings. The van der Waals surface area contributed by atoms with Crippen LogP contribution >= 0.6 is 0 Å². The highest BCUT2D eigenvalue weighted by atomic mass is 16.5. The summed E-state index contributed by atoms with van der Waals surface area (Å²) in [7, 11) is 0. The maximum atomic E-state index is 12.3. The van der Waals surface area contributed by atoms with Gasteiger partial charge in [0.15, 0.2) is 0 Å². The predicted molar refractivity (Wildman–Crippen MR) is 89.9 cm³/mol. The van der Waals surface area contributed by atoms with Gasteiger partial charge in [0.2, 0.25) is 5.91 Å². The van der Waals surface area contributed by atoms with Crippen LogP contribution < -0.4 is 10.1 Å². The van der Waals surface area contributed by atoms with Crippen molar-refractivity contribution in [2.24, 2.45) is 0 Å². The van der Waals surface area contributed by atoms with Crippen LogP contribution in [0.2, 0.25) is 0 Å². The second-order valence-electron chi connectivity index (χ2n) is 6.81. The highest BCUT2D eigenvalue weighted by Gasteiger charge is 2.33. The number of rotatable bonds is 3. The van der Waals surface area contributed by atoms with Crippen molar-refractivity contribution in [3.8, 4) is 5.75 Å². The Balaban J connectivity index is 2.10. The molecule has 1 N–H and O–H groups in total. The van der Waals surface area contributed by atoms with Crippen LogP contribution in [0.1, 0.15) is 51.2 Å². The molecular weight excluding hydrogens is 290 g/mol. The molecule has 5 heteroatoms. The van der Waals surface area contributed by atoms with E-state index in [0.29, 0.717) is 13.0 Å². The minimum atomic E-state index is -0.192. The minimum absolute atomic E-state index is 0.0137. The van der Waals surface area contributed by atoms with Gasteiger partial charge in [-0.2, -0.15) is 5.10 Å². The van der Waals surface area contributed by atoms with Gasteiger partial charge < -0.3 is 10.1 Å². The maximum absolute atomic E-state index is 12.3. The van der Waals surface area contributed by atoms with Gasteiger partial charge in [0.1, 0.15) is 11.6 Å². The van der Waals surface area contributed by atoms with Gasteiger partial charge in [0.05, 0.1) is 18.3 Å². The van der Waals surface area contributed by atoms with Crippen molar-refractivity contribution in [2.45, 2.75) is 45.6 Å². The zero-order valence-corrected chi connectivity index (χ0v) is 14.1. The van der Waals surface area contributed by atoms with Crippen molar-refractivity contribution in [2.75, 3.05) is 11.9 Å². The zero-order chi connectivity index (χ0) is 16.6. The van der Waals surface area contributed by atoms with Crippen LogP contribution in [0.3, 0.4) is 0 Å². The lowest BCUT2D eigenvalue weighted by Gasteiger charge is -2.28. The van der Waals surface area contributed by atoms with Gasteiger partial charge >= 0.3 is 0 Å². The molecule has 23 heavy (non-hydrogen) atoms. The Hall–Kier alpha value is -2.30. The largest absolute Gasteiger partial charge is 0.494 e. The van der Waals surface area contributed by atoms with Crippen molar-refractivity contribution in [1.29, 1.82) is 0 Å². The van der Waals surface area contributed by atoms with E-state index in [1.165, 1.54) is 0 Å². The van der Waals surface area contributed by atoms with Crippen molar-refractivity contribution in [1.82, 2.24) is 9.78 Å². The third kappa shape index (κ3) is 2.83. The molecule has 122 valence electrons. The van der Waals surface area contributed by atoms with E-state index < -0.39 is 0 Å². The molecule has 0 radical (unpaired) electrons. The number of para-hydroxylation sites is 1. The molecule has 1 atom stereocenters. The second kappa shape index (κ2) is 5.72. The molecule has 0 saturated carbocycles. The van der Waals surface area contributed by atoms with E-state index in [-0.39, 0.29) is 17.4 Å². The first-order chi connectivity index (χ1) is 10.9. The third-order valence-electron chi connectivity index (χ3n) is 4.05. The standard InChI is InChI=1S/C18H23N3O2/c1-5-23-15-9-7-6-8-12(15)13-10-16(22)20-17-14(13)11-19-21(17)18(2,3)4/h6-9,11,13H,5,10H2,1-4H3,(H,20,22)/t13-/m0/s1. The monoisotopic (exact) mass is 313 g/mol. The molecule has 1 aliphatic rings. The molecule has 0 aliphatic carbocycles. The maximum Gasteiger partial charge on any atom is 0.226 e. The summed E-state index contributed by atoms with van der Waals surface area (Å²) in [4.78, 5) is 12.3. The summed E-state index contributed by atoms with van der Waals surface area (Å²) in [6, 6.07) is 7.93. The fourth-order valence-electron chi connectivity index (χ4n) is 3.06. The number of anilines is 1. The lowest BCUT2D eigenvalue weighted by atomic mass is 9.86. The summed E-state index contributed by atoms with van der Waals surface area (Å²) in [6.45, 7) is 8.79. The van der Waals surface area contributed by atoms with E-state index in [0.717, 1.165) is 22.7 Å². The van der Waals surface area contributed by atoms with E-state index >= 15 is 0 Å². The number of hydrogen-bond acceptors (Lipinski definition) is 3. The predicted octanol–water partition coefficient (Wildman–Crippen LogP) is 3.51.